The monoisotopic (exact) mass is 334 g/mol. The first-order valence-electron chi connectivity index (χ1n) is 6.63. The summed E-state index contributed by atoms with van der Waals surface area (Å²) in [6.07, 6.45) is 0. The van der Waals surface area contributed by atoms with Crippen molar-refractivity contribution in [2.45, 2.75) is 17.9 Å². The highest BCUT2D eigenvalue weighted by molar-refractivity contribution is 7.89. The Labute approximate surface area is 133 Å². The molecule has 0 saturated carbocycles. The number of hydrogen-bond donors (Lipinski definition) is 1. The third-order valence-corrected chi connectivity index (χ3v) is 4.61. The molecule has 0 fully saturated rings. The molecule has 0 radical (unpaired) electrons. The molecule has 1 N–H and O–H groups in total. The van der Waals surface area contributed by atoms with Crippen LogP contribution in [-0.4, -0.2) is 19.1 Å². The minimum Gasteiger partial charge on any atom is -0.298 e. The zero-order chi connectivity index (χ0) is 17.0. The van der Waals surface area contributed by atoms with E-state index in [4.69, 9.17) is 0 Å². The molecular formula is C15H14N2O5S. The molecule has 0 spiro atoms. The molecule has 0 heterocycles. The molecule has 8 heteroatoms. The Balaban J connectivity index is 2.31. The van der Waals surface area contributed by atoms with Crippen molar-refractivity contribution >= 4 is 21.5 Å². The van der Waals surface area contributed by atoms with Crippen LogP contribution in [-0.2, 0) is 14.8 Å². The zero-order valence-corrected chi connectivity index (χ0v) is 13.0. The second-order valence-corrected chi connectivity index (χ2v) is 6.54. The van der Waals surface area contributed by atoms with Crippen LogP contribution in [0.5, 0.6) is 0 Å². The van der Waals surface area contributed by atoms with Crippen molar-refractivity contribution in [3.05, 3.63) is 70.3 Å². The summed E-state index contributed by atoms with van der Waals surface area (Å²) in [5.74, 6) is -0.360. The minimum absolute atomic E-state index is 0.148. The number of non-ortho nitro benzene ring substituents is 1. The first-order valence-corrected chi connectivity index (χ1v) is 8.12. The van der Waals surface area contributed by atoms with E-state index in [9.17, 15) is 23.3 Å². The van der Waals surface area contributed by atoms with Gasteiger partial charge in [-0.1, -0.05) is 30.3 Å². The van der Waals surface area contributed by atoms with E-state index in [0.29, 0.717) is 5.56 Å². The molecule has 0 aliphatic rings. The molecule has 2 aromatic carbocycles. The summed E-state index contributed by atoms with van der Waals surface area (Å²) < 4.78 is 27.1. The van der Waals surface area contributed by atoms with Crippen LogP contribution in [0.1, 0.15) is 18.5 Å². The molecular weight excluding hydrogens is 320 g/mol. The van der Waals surface area contributed by atoms with E-state index >= 15 is 0 Å². The number of Topliss-reactive ketones (excluding diaryl/α,β-unsaturated/α-hetero) is 1. The largest absolute Gasteiger partial charge is 0.298 e. The molecule has 7 nitrogen and oxygen atoms in total. The van der Waals surface area contributed by atoms with E-state index in [0.717, 1.165) is 24.3 Å². The molecule has 0 bridgehead atoms. The molecule has 0 amide bonds. The third kappa shape index (κ3) is 3.99. The number of carbonyl (C=O) groups excluding carboxylic acids is 1. The second-order valence-electron chi connectivity index (χ2n) is 4.83. The standard InChI is InChI=1S/C15H14N2O5S/c1-11(18)15(12-5-3-2-4-6-12)16-23(21,22)14-9-7-13(8-10-14)17(19)20/h2-10,15-16H,1H3/t15-/m0/s1. The molecule has 0 aliphatic heterocycles. The average Bonchev–Trinajstić information content (AvgIpc) is 2.53. The summed E-state index contributed by atoms with van der Waals surface area (Å²) in [6, 6.07) is 11.9. The van der Waals surface area contributed by atoms with Crippen LogP contribution in [0.25, 0.3) is 0 Å². The molecule has 0 unspecified atom stereocenters. The zero-order valence-electron chi connectivity index (χ0n) is 12.2. The lowest BCUT2D eigenvalue weighted by Gasteiger charge is -2.16. The van der Waals surface area contributed by atoms with E-state index in [1.54, 1.807) is 30.3 Å². The van der Waals surface area contributed by atoms with Gasteiger partial charge in [-0.05, 0) is 24.6 Å². The first kappa shape index (κ1) is 16.8. The van der Waals surface area contributed by atoms with E-state index < -0.39 is 21.0 Å². The molecule has 0 aromatic heterocycles. The van der Waals surface area contributed by atoms with Crippen molar-refractivity contribution in [1.82, 2.24) is 4.72 Å². The summed E-state index contributed by atoms with van der Waals surface area (Å²) in [5.41, 5.74) is 0.306. The Morgan fingerprint density at radius 1 is 1.09 bits per heavy atom. The van der Waals surface area contributed by atoms with Gasteiger partial charge in [-0.2, -0.15) is 4.72 Å². The van der Waals surface area contributed by atoms with Gasteiger partial charge in [-0.3, -0.25) is 14.9 Å². The van der Waals surface area contributed by atoms with Gasteiger partial charge in [0.05, 0.1) is 9.82 Å². The quantitative estimate of drug-likeness (QED) is 0.644. The smallest absolute Gasteiger partial charge is 0.269 e. The van der Waals surface area contributed by atoms with Gasteiger partial charge < -0.3 is 0 Å². The summed E-state index contributed by atoms with van der Waals surface area (Å²) in [5, 5.41) is 10.6. The molecule has 2 aromatic rings. The fourth-order valence-corrected chi connectivity index (χ4v) is 3.24. The van der Waals surface area contributed by atoms with Gasteiger partial charge in [-0.25, -0.2) is 8.42 Å². The maximum Gasteiger partial charge on any atom is 0.269 e. The molecule has 120 valence electrons. The lowest BCUT2D eigenvalue weighted by molar-refractivity contribution is -0.384. The number of benzene rings is 2. The van der Waals surface area contributed by atoms with E-state index in [-0.39, 0.29) is 16.4 Å². The molecule has 23 heavy (non-hydrogen) atoms. The van der Waals surface area contributed by atoms with Gasteiger partial charge in [0.1, 0.15) is 6.04 Å². The minimum atomic E-state index is -3.99. The van der Waals surface area contributed by atoms with Crippen LogP contribution < -0.4 is 4.72 Å². The SMILES string of the molecule is CC(=O)[C@H](NS(=O)(=O)c1ccc([N+](=O)[O-])cc1)c1ccccc1. The number of nitrogens with one attached hydrogen (secondary N) is 1. The Bertz CT molecular complexity index is 817. The molecule has 0 saturated heterocycles. The number of ketones is 1. The highest BCUT2D eigenvalue weighted by Crippen LogP contribution is 2.20. The fourth-order valence-electron chi connectivity index (χ4n) is 2.00. The van der Waals surface area contributed by atoms with Crippen molar-refractivity contribution < 1.29 is 18.1 Å². The van der Waals surface area contributed by atoms with E-state index in [1.807, 2.05) is 0 Å². The van der Waals surface area contributed by atoms with Crippen LogP contribution in [0, 0.1) is 10.1 Å². The third-order valence-electron chi connectivity index (χ3n) is 3.17. The highest BCUT2D eigenvalue weighted by Gasteiger charge is 2.25. The van der Waals surface area contributed by atoms with Gasteiger partial charge in [0.25, 0.3) is 5.69 Å². The summed E-state index contributed by atoms with van der Waals surface area (Å²) in [4.78, 5) is 21.6. The summed E-state index contributed by atoms with van der Waals surface area (Å²) >= 11 is 0. The lowest BCUT2D eigenvalue weighted by atomic mass is 10.1. The Kier molecular flexibility index (Phi) is 4.87. The number of nitrogens with zero attached hydrogens (tertiary/aromatic N) is 1. The van der Waals surface area contributed by atoms with E-state index in [1.165, 1.54) is 6.92 Å². The summed E-state index contributed by atoms with van der Waals surface area (Å²) in [6.45, 7) is 1.29. The van der Waals surface area contributed by atoms with Crippen molar-refractivity contribution in [3.63, 3.8) is 0 Å². The van der Waals surface area contributed by atoms with Crippen LogP contribution >= 0.6 is 0 Å². The van der Waals surface area contributed by atoms with Gasteiger partial charge in [0.2, 0.25) is 10.0 Å². The van der Waals surface area contributed by atoms with Gasteiger partial charge in [0, 0.05) is 12.1 Å². The Morgan fingerprint density at radius 3 is 2.13 bits per heavy atom. The summed E-state index contributed by atoms with van der Waals surface area (Å²) in [7, 11) is -3.99. The van der Waals surface area contributed by atoms with Crippen molar-refractivity contribution in [1.29, 1.82) is 0 Å². The number of sulfonamides is 1. The second kappa shape index (κ2) is 6.67. The molecule has 0 aliphatic carbocycles. The van der Waals surface area contributed by atoms with Gasteiger partial charge >= 0.3 is 0 Å². The maximum absolute atomic E-state index is 12.4. The number of carbonyl (C=O) groups is 1. The Hall–Kier alpha value is -2.58. The van der Waals surface area contributed by atoms with Crippen molar-refractivity contribution in [3.8, 4) is 0 Å². The van der Waals surface area contributed by atoms with Crippen molar-refractivity contribution in [2.75, 3.05) is 0 Å². The number of nitro benzene ring substituents is 1. The van der Waals surface area contributed by atoms with Gasteiger partial charge in [0.15, 0.2) is 5.78 Å². The van der Waals surface area contributed by atoms with Crippen LogP contribution in [0.3, 0.4) is 0 Å². The first-order chi connectivity index (χ1) is 10.8. The van der Waals surface area contributed by atoms with Crippen LogP contribution in [0.2, 0.25) is 0 Å². The number of nitro groups is 1. The molecule has 2 rings (SSSR count). The predicted molar refractivity (Wildman–Crippen MR) is 83.3 cm³/mol. The maximum atomic E-state index is 12.4. The molecule has 1 atom stereocenters. The van der Waals surface area contributed by atoms with Crippen LogP contribution in [0.15, 0.2) is 59.5 Å². The topological polar surface area (TPSA) is 106 Å². The lowest BCUT2D eigenvalue weighted by Crippen LogP contribution is -2.32. The fraction of sp³-hybridized carbons (Fsp3) is 0.133. The van der Waals surface area contributed by atoms with E-state index in [2.05, 4.69) is 4.72 Å². The normalized spacial score (nSPS) is 12.6. The highest BCUT2D eigenvalue weighted by atomic mass is 32.2. The predicted octanol–water partition coefficient (Wildman–Crippen LogP) is 2.20. The number of rotatable bonds is 6. The average molecular weight is 334 g/mol. The van der Waals surface area contributed by atoms with Gasteiger partial charge in [-0.15, -0.1) is 0 Å². The van der Waals surface area contributed by atoms with Crippen molar-refractivity contribution in [2.24, 2.45) is 0 Å². The Morgan fingerprint density at radius 2 is 1.65 bits per heavy atom. The van der Waals surface area contributed by atoms with Crippen LogP contribution in [0.4, 0.5) is 5.69 Å². The number of hydrogen-bond acceptors (Lipinski definition) is 5.